The molecule has 1 aliphatic carbocycles. The number of methoxy groups -OCH3 is 1. The molecule has 2 N–H and O–H groups in total. The Bertz CT molecular complexity index is 526. The summed E-state index contributed by atoms with van der Waals surface area (Å²) in [5.41, 5.74) is 1.30. The lowest BCUT2D eigenvalue weighted by molar-refractivity contribution is -0.139. The summed E-state index contributed by atoms with van der Waals surface area (Å²) in [6.07, 6.45) is 2.06. The molecule has 0 aromatic heterocycles. The van der Waals surface area contributed by atoms with Crippen molar-refractivity contribution in [3.63, 3.8) is 0 Å². The number of ether oxygens (including phenoxy) is 1. The van der Waals surface area contributed by atoms with Crippen molar-refractivity contribution in [2.24, 2.45) is 0 Å². The SMILES string of the molecule is CCN(CC(=O)O)C1CC(NC(C)C(C)c2ccc(OC)cc2)C1. The van der Waals surface area contributed by atoms with E-state index in [1.165, 1.54) is 5.56 Å². The lowest BCUT2D eigenvalue weighted by Gasteiger charge is -2.44. The number of aliphatic carboxylic acids is 1. The third kappa shape index (κ3) is 4.71. The smallest absolute Gasteiger partial charge is 0.317 e. The van der Waals surface area contributed by atoms with Crippen molar-refractivity contribution in [2.45, 2.75) is 57.7 Å². The van der Waals surface area contributed by atoms with Crippen LogP contribution in [0.25, 0.3) is 0 Å². The first kappa shape index (κ1) is 18.7. The van der Waals surface area contributed by atoms with Gasteiger partial charge in [-0.15, -0.1) is 0 Å². The zero-order chi connectivity index (χ0) is 17.7. The largest absolute Gasteiger partial charge is 0.497 e. The minimum Gasteiger partial charge on any atom is -0.497 e. The van der Waals surface area contributed by atoms with Gasteiger partial charge in [0.2, 0.25) is 0 Å². The lowest BCUT2D eigenvalue weighted by atomic mass is 9.83. The topological polar surface area (TPSA) is 61.8 Å². The Balaban J connectivity index is 1.80. The summed E-state index contributed by atoms with van der Waals surface area (Å²) in [5.74, 6) is 0.553. The van der Waals surface area contributed by atoms with E-state index in [2.05, 4.69) is 36.2 Å². The highest BCUT2D eigenvalue weighted by atomic mass is 16.5. The summed E-state index contributed by atoms with van der Waals surface area (Å²) < 4.78 is 5.21. The van der Waals surface area contributed by atoms with Crippen LogP contribution >= 0.6 is 0 Å². The van der Waals surface area contributed by atoms with Gasteiger partial charge in [0.15, 0.2) is 0 Å². The molecule has 0 aliphatic heterocycles. The van der Waals surface area contributed by atoms with Crippen LogP contribution in [0.1, 0.15) is 45.1 Å². The van der Waals surface area contributed by atoms with E-state index in [-0.39, 0.29) is 6.54 Å². The molecule has 1 aromatic carbocycles. The molecule has 5 heteroatoms. The summed E-state index contributed by atoms with van der Waals surface area (Å²) in [6, 6.07) is 9.50. The minimum absolute atomic E-state index is 0.145. The fourth-order valence-electron chi connectivity index (χ4n) is 3.41. The molecule has 0 radical (unpaired) electrons. The maximum Gasteiger partial charge on any atom is 0.317 e. The average molecular weight is 334 g/mol. The van der Waals surface area contributed by atoms with Gasteiger partial charge in [-0.05, 0) is 49.9 Å². The van der Waals surface area contributed by atoms with E-state index in [0.717, 1.165) is 25.1 Å². The van der Waals surface area contributed by atoms with Crippen molar-refractivity contribution in [3.8, 4) is 5.75 Å². The molecule has 24 heavy (non-hydrogen) atoms. The molecule has 2 unspecified atom stereocenters. The third-order valence-electron chi connectivity index (χ3n) is 5.26. The Kier molecular flexibility index (Phi) is 6.63. The lowest BCUT2D eigenvalue weighted by Crippen LogP contribution is -2.55. The highest BCUT2D eigenvalue weighted by Gasteiger charge is 2.34. The molecule has 2 atom stereocenters. The second-order valence-electron chi connectivity index (χ2n) is 6.80. The van der Waals surface area contributed by atoms with Gasteiger partial charge in [-0.2, -0.15) is 0 Å². The maximum atomic E-state index is 10.9. The first-order chi connectivity index (χ1) is 11.4. The van der Waals surface area contributed by atoms with E-state index in [1.54, 1.807) is 7.11 Å². The molecule has 1 fully saturated rings. The molecule has 0 spiro atoms. The fraction of sp³-hybridized carbons (Fsp3) is 0.632. The van der Waals surface area contributed by atoms with Gasteiger partial charge in [0, 0.05) is 18.1 Å². The average Bonchev–Trinajstić information content (AvgIpc) is 2.54. The van der Waals surface area contributed by atoms with Gasteiger partial charge in [-0.25, -0.2) is 0 Å². The summed E-state index contributed by atoms with van der Waals surface area (Å²) in [4.78, 5) is 13.0. The van der Waals surface area contributed by atoms with Gasteiger partial charge >= 0.3 is 5.97 Å². The molecule has 134 valence electrons. The minimum atomic E-state index is -0.741. The Morgan fingerprint density at radius 1 is 1.33 bits per heavy atom. The van der Waals surface area contributed by atoms with Gasteiger partial charge in [0.25, 0.3) is 0 Å². The Morgan fingerprint density at radius 2 is 1.96 bits per heavy atom. The molecule has 0 amide bonds. The second kappa shape index (κ2) is 8.49. The molecule has 2 rings (SSSR count). The summed E-state index contributed by atoms with van der Waals surface area (Å²) in [6.45, 7) is 7.42. The monoisotopic (exact) mass is 334 g/mol. The van der Waals surface area contributed by atoms with Crippen molar-refractivity contribution in [1.29, 1.82) is 0 Å². The van der Waals surface area contributed by atoms with Crippen LogP contribution in [0.3, 0.4) is 0 Å². The zero-order valence-corrected chi connectivity index (χ0v) is 15.2. The quantitative estimate of drug-likeness (QED) is 0.727. The van der Waals surface area contributed by atoms with Gasteiger partial charge in [-0.3, -0.25) is 9.69 Å². The number of carboxylic acid groups (broad SMARTS) is 1. The molecular weight excluding hydrogens is 304 g/mol. The predicted octanol–water partition coefficient (Wildman–Crippen LogP) is 2.71. The normalized spacial score (nSPS) is 22.7. The van der Waals surface area contributed by atoms with Crippen LogP contribution in [0.2, 0.25) is 0 Å². The van der Waals surface area contributed by atoms with Gasteiger partial charge in [0.1, 0.15) is 5.75 Å². The second-order valence-corrected chi connectivity index (χ2v) is 6.80. The highest BCUT2D eigenvalue weighted by molar-refractivity contribution is 5.69. The summed E-state index contributed by atoms with van der Waals surface area (Å²) in [7, 11) is 1.68. The highest BCUT2D eigenvalue weighted by Crippen LogP contribution is 2.28. The summed E-state index contributed by atoms with van der Waals surface area (Å²) >= 11 is 0. The van der Waals surface area contributed by atoms with Crippen LogP contribution in [0.4, 0.5) is 0 Å². The number of carbonyl (C=O) groups is 1. The Labute approximate surface area is 145 Å². The predicted molar refractivity (Wildman–Crippen MR) is 95.7 cm³/mol. The molecule has 1 aliphatic rings. The number of nitrogens with zero attached hydrogens (tertiary/aromatic N) is 1. The molecule has 0 saturated heterocycles. The molecule has 1 aromatic rings. The summed E-state index contributed by atoms with van der Waals surface area (Å²) in [5, 5.41) is 12.7. The van der Waals surface area contributed by atoms with Crippen LogP contribution in [-0.4, -0.2) is 54.3 Å². The number of likely N-dealkylation sites (N-methyl/N-ethyl adjacent to an activating group) is 1. The number of nitrogens with one attached hydrogen (secondary N) is 1. The van der Waals surface area contributed by atoms with Crippen LogP contribution in [0, 0.1) is 0 Å². The molecule has 0 heterocycles. The Morgan fingerprint density at radius 3 is 2.46 bits per heavy atom. The van der Waals surface area contributed by atoms with Crippen molar-refractivity contribution in [1.82, 2.24) is 10.2 Å². The first-order valence-electron chi connectivity index (χ1n) is 8.80. The maximum absolute atomic E-state index is 10.9. The van der Waals surface area contributed by atoms with Crippen molar-refractivity contribution < 1.29 is 14.6 Å². The number of benzene rings is 1. The van der Waals surface area contributed by atoms with Gasteiger partial charge in [0.05, 0.1) is 13.7 Å². The van der Waals surface area contributed by atoms with Gasteiger partial charge < -0.3 is 15.2 Å². The number of carboxylic acids is 1. The molecule has 0 bridgehead atoms. The van der Waals surface area contributed by atoms with Gasteiger partial charge in [-0.1, -0.05) is 26.0 Å². The first-order valence-corrected chi connectivity index (χ1v) is 8.80. The molecular formula is C19H30N2O3. The third-order valence-corrected chi connectivity index (χ3v) is 5.26. The van der Waals surface area contributed by atoms with Crippen LogP contribution < -0.4 is 10.1 Å². The standard InChI is InChI=1S/C19H30N2O3/c1-5-21(12-19(22)23)17-10-16(11-17)20-14(3)13(2)15-6-8-18(24-4)9-7-15/h6-9,13-14,16-17,20H,5,10-12H2,1-4H3,(H,22,23). The molecule has 5 nitrogen and oxygen atoms in total. The van der Waals surface area contributed by atoms with Crippen molar-refractivity contribution in [2.75, 3.05) is 20.2 Å². The van der Waals surface area contributed by atoms with Crippen molar-refractivity contribution >= 4 is 5.97 Å². The van der Waals surface area contributed by atoms with Crippen LogP contribution in [0.5, 0.6) is 5.75 Å². The van der Waals surface area contributed by atoms with Crippen LogP contribution in [0.15, 0.2) is 24.3 Å². The number of rotatable bonds is 9. The van der Waals surface area contributed by atoms with E-state index >= 15 is 0 Å². The van der Waals surface area contributed by atoms with E-state index < -0.39 is 5.97 Å². The fourth-order valence-corrected chi connectivity index (χ4v) is 3.41. The van der Waals surface area contributed by atoms with E-state index in [0.29, 0.717) is 24.0 Å². The van der Waals surface area contributed by atoms with E-state index in [9.17, 15) is 4.79 Å². The molecule has 1 saturated carbocycles. The van der Waals surface area contributed by atoms with Crippen LogP contribution in [-0.2, 0) is 4.79 Å². The van der Waals surface area contributed by atoms with Crippen molar-refractivity contribution in [3.05, 3.63) is 29.8 Å². The van der Waals surface area contributed by atoms with E-state index in [4.69, 9.17) is 9.84 Å². The zero-order valence-electron chi connectivity index (χ0n) is 15.2. The number of hydrogen-bond acceptors (Lipinski definition) is 4. The Hall–Kier alpha value is -1.59. The number of hydrogen-bond donors (Lipinski definition) is 2. The van der Waals surface area contributed by atoms with E-state index in [1.807, 2.05) is 19.1 Å².